The Morgan fingerprint density at radius 2 is 2.00 bits per heavy atom. The number of aliphatic hydroxyl groups is 1. The smallest absolute Gasteiger partial charge is 0.123 e. The standard InChI is InChI=1S/C17H16BrNO2/c1-21-17-5-3-15(18)9-14(17)10-19-7-6-13-8-12(11-20)2-4-16(13)19/h2-9,20H,10-11H2,1H3. The third-order valence-corrected chi connectivity index (χ3v) is 4.09. The van der Waals surface area contributed by atoms with Crippen LogP contribution in [-0.2, 0) is 13.2 Å². The van der Waals surface area contributed by atoms with Crippen LogP contribution in [-0.4, -0.2) is 16.8 Å². The average Bonchev–Trinajstić information content (AvgIpc) is 2.90. The average molecular weight is 346 g/mol. The van der Waals surface area contributed by atoms with Crippen LogP contribution < -0.4 is 4.74 Å². The van der Waals surface area contributed by atoms with E-state index in [-0.39, 0.29) is 6.61 Å². The van der Waals surface area contributed by atoms with Crippen LogP contribution in [0.15, 0.2) is 53.1 Å². The highest BCUT2D eigenvalue weighted by atomic mass is 79.9. The largest absolute Gasteiger partial charge is 0.496 e. The summed E-state index contributed by atoms with van der Waals surface area (Å²) in [6.07, 6.45) is 2.06. The number of ether oxygens (including phenoxy) is 1. The van der Waals surface area contributed by atoms with E-state index < -0.39 is 0 Å². The van der Waals surface area contributed by atoms with Crippen molar-refractivity contribution in [1.82, 2.24) is 4.57 Å². The Morgan fingerprint density at radius 1 is 1.14 bits per heavy atom. The first-order valence-electron chi connectivity index (χ1n) is 6.72. The Balaban J connectivity index is 2.00. The van der Waals surface area contributed by atoms with Crippen LogP contribution in [0.3, 0.4) is 0 Å². The van der Waals surface area contributed by atoms with Crippen LogP contribution in [0.4, 0.5) is 0 Å². The first-order chi connectivity index (χ1) is 10.2. The van der Waals surface area contributed by atoms with Gasteiger partial charge in [-0.3, -0.25) is 0 Å². The van der Waals surface area contributed by atoms with Gasteiger partial charge >= 0.3 is 0 Å². The molecule has 3 rings (SSSR count). The molecule has 0 radical (unpaired) electrons. The van der Waals surface area contributed by atoms with E-state index in [1.54, 1.807) is 7.11 Å². The highest BCUT2D eigenvalue weighted by molar-refractivity contribution is 9.10. The van der Waals surface area contributed by atoms with Gasteiger partial charge in [0.25, 0.3) is 0 Å². The second-order valence-electron chi connectivity index (χ2n) is 4.95. The van der Waals surface area contributed by atoms with Crippen LogP contribution >= 0.6 is 15.9 Å². The Morgan fingerprint density at radius 3 is 2.76 bits per heavy atom. The molecule has 0 saturated heterocycles. The number of benzene rings is 2. The molecule has 0 spiro atoms. The molecule has 0 aliphatic rings. The zero-order valence-electron chi connectivity index (χ0n) is 11.7. The zero-order chi connectivity index (χ0) is 14.8. The van der Waals surface area contributed by atoms with Gasteiger partial charge in [0.2, 0.25) is 0 Å². The van der Waals surface area contributed by atoms with Gasteiger partial charge in [-0.05, 0) is 47.3 Å². The predicted octanol–water partition coefficient (Wildman–Crippen LogP) is 3.95. The number of aromatic nitrogens is 1. The number of aliphatic hydroxyl groups excluding tert-OH is 1. The monoisotopic (exact) mass is 345 g/mol. The summed E-state index contributed by atoms with van der Waals surface area (Å²) in [5.41, 5.74) is 3.20. The lowest BCUT2D eigenvalue weighted by Gasteiger charge is -2.11. The second kappa shape index (κ2) is 5.92. The molecule has 1 N–H and O–H groups in total. The third kappa shape index (κ3) is 2.82. The Labute approximate surface area is 131 Å². The fourth-order valence-electron chi connectivity index (χ4n) is 2.54. The van der Waals surface area contributed by atoms with Gasteiger partial charge in [-0.15, -0.1) is 0 Å². The van der Waals surface area contributed by atoms with Gasteiger partial charge in [-0.1, -0.05) is 22.0 Å². The van der Waals surface area contributed by atoms with Crippen molar-refractivity contribution in [2.24, 2.45) is 0 Å². The molecular formula is C17H16BrNO2. The van der Waals surface area contributed by atoms with E-state index in [1.165, 1.54) is 0 Å². The van der Waals surface area contributed by atoms with Crippen molar-refractivity contribution in [3.8, 4) is 5.75 Å². The molecule has 0 saturated carbocycles. The summed E-state index contributed by atoms with van der Waals surface area (Å²) in [4.78, 5) is 0. The zero-order valence-corrected chi connectivity index (χ0v) is 13.3. The van der Waals surface area contributed by atoms with Crippen molar-refractivity contribution in [3.05, 3.63) is 64.3 Å². The quantitative estimate of drug-likeness (QED) is 0.776. The Kier molecular flexibility index (Phi) is 3.99. The molecule has 0 bridgehead atoms. The van der Waals surface area contributed by atoms with Gasteiger partial charge < -0.3 is 14.4 Å². The summed E-state index contributed by atoms with van der Waals surface area (Å²) in [6, 6.07) is 14.1. The lowest BCUT2D eigenvalue weighted by molar-refractivity contribution is 0.282. The van der Waals surface area contributed by atoms with Gasteiger partial charge in [0.05, 0.1) is 20.3 Å². The highest BCUT2D eigenvalue weighted by Gasteiger charge is 2.07. The summed E-state index contributed by atoms with van der Waals surface area (Å²) < 4.78 is 8.65. The molecular weight excluding hydrogens is 330 g/mol. The molecule has 0 amide bonds. The van der Waals surface area contributed by atoms with E-state index in [0.717, 1.165) is 38.8 Å². The minimum absolute atomic E-state index is 0.0700. The number of hydrogen-bond acceptors (Lipinski definition) is 2. The van der Waals surface area contributed by atoms with Gasteiger partial charge in [0.1, 0.15) is 5.75 Å². The van der Waals surface area contributed by atoms with Crippen molar-refractivity contribution < 1.29 is 9.84 Å². The van der Waals surface area contributed by atoms with E-state index in [0.29, 0.717) is 0 Å². The van der Waals surface area contributed by atoms with Crippen molar-refractivity contribution in [1.29, 1.82) is 0 Å². The highest BCUT2D eigenvalue weighted by Crippen LogP contribution is 2.26. The van der Waals surface area contributed by atoms with Gasteiger partial charge in [-0.25, -0.2) is 0 Å². The number of methoxy groups -OCH3 is 1. The summed E-state index contributed by atoms with van der Waals surface area (Å²) in [7, 11) is 1.69. The van der Waals surface area contributed by atoms with Gasteiger partial charge in [-0.2, -0.15) is 0 Å². The molecule has 108 valence electrons. The van der Waals surface area contributed by atoms with Crippen molar-refractivity contribution in [3.63, 3.8) is 0 Å². The predicted molar refractivity (Wildman–Crippen MR) is 87.7 cm³/mol. The van der Waals surface area contributed by atoms with Crippen LogP contribution in [0, 0.1) is 0 Å². The number of nitrogens with zero attached hydrogens (tertiary/aromatic N) is 1. The maximum atomic E-state index is 9.21. The molecule has 21 heavy (non-hydrogen) atoms. The van der Waals surface area contributed by atoms with Gasteiger partial charge in [0.15, 0.2) is 0 Å². The topological polar surface area (TPSA) is 34.4 Å². The van der Waals surface area contributed by atoms with E-state index in [1.807, 2.05) is 30.3 Å². The maximum absolute atomic E-state index is 9.21. The molecule has 0 aliphatic heterocycles. The molecule has 1 aromatic heterocycles. The minimum Gasteiger partial charge on any atom is -0.496 e. The van der Waals surface area contributed by atoms with Crippen LogP contribution in [0.5, 0.6) is 5.75 Å². The summed E-state index contributed by atoms with van der Waals surface area (Å²) in [5.74, 6) is 0.882. The fourth-order valence-corrected chi connectivity index (χ4v) is 2.95. The molecule has 1 heterocycles. The molecule has 0 aliphatic carbocycles. The maximum Gasteiger partial charge on any atom is 0.123 e. The molecule has 3 aromatic rings. The van der Waals surface area contributed by atoms with Crippen LogP contribution in [0.2, 0.25) is 0 Å². The second-order valence-corrected chi connectivity index (χ2v) is 5.87. The van der Waals surface area contributed by atoms with Crippen molar-refractivity contribution in [2.75, 3.05) is 7.11 Å². The SMILES string of the molecule is COc1ccc(Br)cc1Cn1ccc2cc(CO)ccc21. The number of fused-ring (bicyclic) bond motifs is 1. The molecule has 0 atom stereocenters. The minimum atomic E-state index is 0.0700. The lowest BCUT2D eigenvalue weighted by atomic mass is 10.1. The van der Waals surface area contributed by atoms with Crippen LogP contribution in [0.25, 0.3) is 10.9 Å². The van der Waals surface area contributed by atoms with Gasteiger partial charge in [0, 0.05) is 21.7 Å². The molecule has 0 fully saturated rings. The number of rotatable bonds is 4. The molecule has 4 heteroatoms. The van der Waals surface area contributed by atoms with Crippen molar-refractivity contribution >= 4 is 26.8 Å². The normalized spacial score (nSPS) is 11.0. The first-order valence-corrected chi connectivity index (χ1v) is 7.51. The van der Waals surface area contributed by atoms with E-state index in [9.17, 15) is 5.11 Å². The molecule has 3 nitrogen and oxygen atoms in total. The summed E-state index contributed by atoms with van der Waals surface area (Å²) in [5, 5.41) is 10.3. The number of hydrogen-bond donors (Lipinski definition) is 1. The lowest BCUT2D eigenvalue weighted by Crippen LogP contribution is -2.00. The summed E-state index contributed by atoms with van der Waals surface area (Å²) in [6.45, 7) is 0.811. The first kappa shape index (κ1) is 14.2. The fraction of sp³-hybridized carbons (Fsp3) is 0.176. The third-order valence-electron chi connectivity index (χ3n) is 3.60. The van der Waals surface area contributed by atoms with E-state index in [2.05, 4.69) is 38.8 Å². The van der Waals surface area contributed by atoms with E-state index >= 15 is 0 Å². The Hall–Kier alpha value is -1.78. The molecule has 2 aromatic carbocycles. The van der Waals surface area contributed by atoms with Crippen molar-refractivity contribution in [2.45, 2.75) is 13.2 Å². The van der Waals surface area contributed by atoms with E-state index in [4.69, 9.17) is 4.74 Å². The number of halogens is 1. The van der Waals surface area contributed by atoms with Crippen LogP contribution in [0.1, 0.15) is 11.1 Å². The summed E-state index contributed by atoms with van der Waals surface area (Å²) >= 11 is 3.51. The molecule has 0 unspecified atom stereocenters. The Bertz CT molecular complexity index is 780.